The zero-order valence-corrected chi connectivity index (χ0v) is 18.6. The van der Waals surface area contributed by atoms with Gasteiger partial charge in [-0.3, -0.25) is 4.79 Å². The van der Waals surface area contributed by atoms with Gasteiger partial charge in [-0.1, -0.05) is 0 Å². The highest BCUT2D eigenvalue weighted by atomic mass is 35.5. The van der Waals surface area contributed by atoms with Crippen LogP contribution in [-0.2, 0) is 9.53 Å². The third-order valence-electron chi connectivity index (χ3n) is 5.89. The monoisotopic (exact) mass is 454 g/mol. The molecule has 9 atom stereocenters. The molecule has 1 amide bonds. The van der Waals surface area contributed by atoms with Crippen LogP contribution in [0, 0.1) is 5.92 Å². The van der Waals surface area contributed by atoms with E-state index in [1.165, 1.54) is 11.8 Å². The molecule has 0 aromatic heterocycles. The molecular weight excluding hydrogens is 420 g/mol. The maximum atomic E-state index is 12.9. The summed E-state index contributed by atoms with van der Waals surface area (Å²) in [6.07, 6.45) is 1.07. The number of halogens is 1. The molecule has 0 bridgehead atoms. The minimum absolute atomic E-state index is 0.185. The minimum atomic E-state index is -1.38. The summed E-state index contributed by atoms with van der Waals surface area (Å²) >= 11 is 7.53. The number of rotatable bonds is 8. The van der Waals surface area contributed by atoms with E-state index in [1.807, 2.05) is 0 Å². The maximum Gasteiger partial charge on any atom is 0.237 e. The second-order valence-corrected chi connectivity index (χ2v) is 9.62. The van der Waals surface area contributed by atoms with Crippen molar-refractivity contribution in [2.75, 3.05) is 19.4 Å². The molecule has 0 saturated carbocycles. The van der Waals surface area contributed by atoms with Crippen LogP contribution in [0.25, 0.3) is 0 Å². The van der Waals surface area contributed by atoms with E-state index in [9.17, 15) is 20.1 Å². The van der Waals surface area contributed by atoms with Crippen molar-refractivity contribution in [2.24, 2.45) is 5.92 Å². The Bertz CT molecular complexity index is 515. The Morgan fingerprint density at radius 2 is 1.97 bits per heavy atom. The van der Waals surface area contributed by atoms with Gasteiger partial charge in [0.15, 0.2) is 0 Å². The van der Waals surface area contributed by atoms with Crippen LogP contribution in [0.3, 0.4) is 0 Å². The number of alkyl halides is 1. The molecule has 2 fully saturated rings. The lowest BCUT2D eigenvalue weighted by Gasteiger charge is -2.44. The van der Waals surface area contributed by atoms with Crippen LogP contribution in [0.2, 0.25) is 0 Å². The fourth-order valence-corrected chi connectivity index (χ4v) is 4.98. The van der Waals surface area contributed by atoms with Gasteiger partial charge in [0, 0.05) is 6.61 Å². The van der Waals surface area contributed by atoms with E-state index in [0.717, 1.165) is 32.2 Å². The van der Waals surface area contributed by atoms with Crippen molar-refractivity contribution in [2.45, 2.75) is 86.3 Å². The summed E-state index contributed by atoms with van der Waals surface area (Å²) in [4.78, 5) is 12.9. The molecule has 2 aliphatic heterocycles. The highest BCUT2D eigenvalue weighted by Gasteiger charge is 2.48. The summed E-state index contributed by atoms with van der Waals surface area (Å²) in [6, 6.07) is -1.11. The molecule has 0 aromatic carbocycles. The van der Waals surface area contributed by atoms with Crippen LogP contribution in [0.5, 0.6) is 0 Å². The zero-order chi connectivity index (χ0) is 21.6. The van der Waals surface area contributed by atoms with Crippen molar-refractivity contribution in [1.82, 2.24) is 10.6 Å². The average Bonchev–Trinajstić information content (AvgIpc) is 2.95. The smallest absolute Gasteiger partial charge is 0.237 e. The topological polar surface area (TPSA) is 131 Å². The summed E-state index contributed by atoms with van der Waals surface area (Å²) < 4.78 is 5.79. The van der Waals surface area contributed by atoms with E-state index in [0.29, 0.717) is 12.3 Å². The molecule has 2 rings (SSSR count). The third-order valence-corrected chi connectivity index (χ3v) is 7.02. The molecule has 0 radical (unpaired) electrons. The lowest BCUT2D eigenvalue weighted by Crippen LogP contribution is -2.65. The number of aliphatic hydroxyl groups excluding tert-OH is 4. The van der Waals surface area contributed by atoms with Crippen molar-refractivity contribution in [3.05, 3.63) is 0 Å². The second-order valence-electron chi connectivity index (χ2n) is 7.99. The lowest BCUT2D eigenvalue weighted by molar-refractivity contribution is -0.205. The Balaban J connectivity index is 2.01. The van der Waals surface area contributed by atoms with Gasteiger partial charge in [-0.05, 0) is 57.7 Å². The number of hydrogen-bond donors (Lipinski definition) is 6. The van der Waals surface area contributed by atoms with Crippen molar-refractivity contribution < 1.29 is 30.0 Å². The van der Waals surface area contributed by atoms with E-state index >= 15 is 0 Å². The van der Waals surface area contributed by atoms with Crippen LogP contribution in [0.4, 0.5) is 0 Å². The number of amides is 1. The summed E-state index contributed by atoms with van der Waals surface area (Å²) in [6.45, 7) is 2.60. The molecular formula is C19H35ClN2O6S. The Morgan fingerprint density at radius 3 is 2.59 bits per heavy atom. The Kier molecular flexibility index (Phi) is 10.4. The molecule has 2 saturated heterocycles. The second kappa shape index (κ2) is 12.0. The number of hydrogen-bond acceptors (Lipinski definition) is 8. The Hall–Kier alpha value is -0.130. The first-order valence-corrected chi connectivity index (χ1v) is 12.0. The number of nitrogens with one attached hydrogen (secondary N) is 2. The van der Waals surface area contributed by atoms with Crippen molar-refractivity contribution in [3.63, 3.8) is 0 Å². The number of ether oxygens (including phenoxy) is 1. The van der Waals surface area contributed by atoms with Gasteiger partial charge in [0.05, 0.1) is 17.5 Å². The predicted octanol–water partition coefficient (Wildman–Crippen LogP) is -0.200. The van der Waals surface area contributed by atoms with Gasteiger partial charge in [0.1, 0.15) is 29.9 Å². The van der Waals surface area contributed by atoms with Gasteiger partial charge in [-0.2, -0.15) is 0 Å². The van der Waals surface area contributed by atoms with Crippen LogP contribution < -0.4 is 10.6 Å². The predicted molar refractivity (Wildman–Crippen MR) is 113 cm³/mol. The van der Waals surface area contributed by atoms with Gasteiger partial charge >= 0.3 is 0 Å². The largest absolute Gasteiger partial charge is 0.396 e. The first-order chi connectivity index (χ1) is 13.8. The quantitative estimate of drug-likeness (QED) is 0.278. The minimum Gasteiger partial charge on any atom is -0.396 e. The van der Waals surface area contributed by atoms with Gasteiger partial charge in [0.2, 0.25) is 5.91 Å². The molecule has 10 heteroatoms. The van der Waals surface area contributed by atoms with Crippen LogP contribution in [0.1, 0.15) is 39.0 Å². The van der Waals surface area contributed by atoms with Gasteiger partial charge in [0.25, 0.3) is 0 Å². The van der Waals surface area contributed by atoms with E-state index in [1.54, 1.807) is 13.2 Å². The van der Waals surface area contributed by atoms with E-state index < -0.39 is 41.3 Å². The van der Waals surface area contributed by atoms with Crippen LogP contribution in [0.15, 0.2) is 0 Å². The average molecular weight is 455 g/mol. The molecule has 0 aliphatic carbocycles. The highest BCUT2D eigenvalue weighted by Crippen LogP contribution is 2.30. The first-order valence-electron chi connectivity index (χ1n) is 10.3. The third kappa shape index (κ3) is 6.67. The summed E-state index contributed by atoms with van der Waals surface area (Å²) in [5.41, 5.74) is -0.725. The SMILES string of the molecule is CS[C@H]1O[C@H]([C@H](NC(=O)C2CC[C@H](CCCO)CCN2)[C@H](C)Cl)[C@H](O)[C@H](O)[C@H]1O. The molecule has 6 N–H and O–H groups in total. The molecule has 2 heterocycles. The molecule has 0 spiro atoms. The first kappa shape index (κ1) is 25.1. The fourth-order valence-electron chi connectivity index (χ4n) is 4.09. The van der Waals surface area contributed by atoms with Gasteiger partial charge < -0.3 is 35.8 Å². The van der Waals surface area contributed by atoms with E-state index in [2.05, 4.69) is 10.6 Å². The summed E-state index contributed by atoms with van der Waals surface area (Å²) in [5.74, 6) is 0.264. The zero-order valence-electron chi connectivity index (χ0n) is 17.0. The number of aliphatic hydroxyl groups is 4. The molecule has 8 nitrogen and oxygen atoms in total. The number of thioether (sulfide) groups is 1. The van der Waals surface area contributed by atoms with E-state index in [-0.39, 0.29) is 18.6 Å². The molecule has 2 aliphatic rings. The maximum absolute atomic E-state index is 12.9. The van der Waals surface area contributed by atoms with Crippen molar-refractivity contribution in [3.8, 4) is 0 Å². The van der Waals surface area contributed by atoms with E-state index in [4.69, 9.17) is 21.4 Å². The van der Waals surface area contributed by atoms with Gasteiger partial charge in [-0.15, -0.1) is 23.4 Å². The Morgan fingerprint density at radius 1 is 1.24 bits per heavy atom. The standard InChI is InChI=1S/C19H35ClN2O6S/c1-10(20)13(17-15(25)14(24)16(26)19(28-17)29-2)22-18(27)12-6-5-11(4-3-9-23)7-8-21-12/h10-17,19,21,23-26H,3-9H2,1-2H3,(H,22,27)/t10-,11-,12?,13+,14-,15+,16+,17+,19+/m0/s1. The fraction of sp³-hybridized carbons (Fsp3) is 0.947. The Labute approximate surface area is 181 Å². The molecule has 0 aromatic rings. The number of carbonyl (C=O) groups is 1. The van der Waals surface area contributed by atoms with Crippen molar-refractivity contribution >= 4 is 29.3 Å². The lowest BCUT2D eigenvalue weighted by atomic mass is 9.92. The van der Waals surface area contributed by atoms with Crippen LogP contribution >= 0.6 is 23.4 Å². The normalized spacial score (nSPS) is 38.1. The highest BCUT2D eigenvalue weighted by molar-refractivity contribution is 7.99. The molecule has 29 heavy (non-hydrogen) atoms. The number of carbonyl (C=O) groups excluding carboxylic acids is 1. The molecule has 1 unspecified atom stereocenters. The summed E-state index contributed by atoms with van der Waals surface area (Å²) in [5, 5.41) is 45.3. The molecule has 170 valence electrons. The summed E-state index contributed by atoms with van der Waals surface area (Å²) in [7, 11) is 0. The van der Waals surface area contributed by atoms with Crippen molar-refractivity contribution in [1.29, 1.82) is 0 Å². The van der Waals surface area contributed by atoms with Crippen LogP contribution in [-0.4, -0.2) is 93.1 Å². The van der Waals surface area contributed by atoms with Gasteiger partial charge in [-0.25, -0.2) is 0 Å².